The minimum Gasteiger partial charge on any atom is -0.306 e. The van der Waals surface area contributed by atoms with Crippen LogP contribution >= 0.6 is 0 Å². The minimum absolute atomic E-state index is 0.295. The van der Waals surface area contributed by atoms with Crippen LogP contribution in [0.2, 0.25) is 0 Å². The van der Waals surface area contributed by atoms with E-state index in [2.05, 4.69) is 61.4 Å². The van der Waals surface area contributed by atoms with Crippen molar-refractivity contribution in [3.8, 4) is 0 Å². The molecule has 2 heteroatoms. The van der Waals surface area contributed by atoms with Gasteiger partial charge in [-0.2, -0.15) is 0 Å². The lowest BCUT2D eigenvalue weighted by molar-refractivity contribution is 0.450. The smallest absolute Gasteiger partial charge is 0.0570 e. The summed E-state index contributed by atoms with van der Waals surface area (Å²) < 4.78 is 0. The molecule has 0 saturated carbocycles. The molecule has 1 aromatic carbocycles. The summed E-state index contributed by atoms with van der Waals surface area (Å²) >= 11 is 0. The molecular weight excluding hydrogens is 244 g/mol. The van der Waals surface area contributed by atoms with Crippen LogP contribution in [0.3, 0.4) is 0 Å². The van der Waals surface area contributed by atoms with Crippen molar-refractivity contribution in [2.45, 2.75) is 45.7 Å². The number of nitrogens with one attached hydrogen (secondary N) is 1. The topological polar surface area (TPSA) is 24.9 Å². The number of aryl methyl sites for hydroxylation is 2. The molecule has 1 heterocycles. The molecule has 0 radical (unpaired) electrons. The summed E-state index contributed by atoms with van der Waals surface area (Å²) in [7, 11) is 0. The quantitative estimate of drug-likeness (QED) is 0.854. The van der Waals surface area contributed by atoms with E-state index in [0.717, 1.165) is 18.5 Å². The maximum Gasteiger partial charge on any atom is 0.0570 e. The SMILES string of the molecule is Cc1cccc(CCC(C)N[C@H](C)c2ccccn2)c1. The molecule has 0 fully saturated rings. The van der Waals surface area contributed by atoms with Crippen LogP contribution in [0.5, 0.6) is 0 Å². The van der Waals surface area contributed by atoms with E-state index < -0.39 is 0 Å². The third-order valence-corrected chi connectivity index (χ3v) is 3.61. The molecule has 2 nitrogen and oxygen atoms in total. The van der Waals surface area contributed by atoms with Crippen LogP contribution in [0.4, 0.5) is 0 Å². The zero-order valence-corrected chi connectivity index (χ0v) is 12.6. The van der Waals surface area contributed by atoms with Crippen LogP contribution in [-0.4, -0.2) is 11.0 Å². The highest BCUT2D eigenvalue weighted by Crippen LogP contribution is 2.12. The minimum atomic E-state index is 0.295. The number of rotatable bonds is 6. The van der Waals surface area contributed by atoms with Gasteiger partial charge in [-0.25, -0.2) is 0 Å². The molecule has 0 bridgehead atoms. The Kier molecular flexibility index (Phi) is 5.31. The Hall–Kier alpha value is -1.67. The van der Waals surface area contributed by atoms with Gasteiger partial charge in [0.2, 0.25) is 0 Å². The summed E-state index contributed by atoms with van der Waals surface area (Å²) in [4.78, 5) is 4.40. The first-order chi connectivity index (χ1) is 9.65. The second kappa shape index (κ2) is 7.20. The number of aromatic nitrogens is 1. The van der Waals surface area contributed by atoms with E-state index in [-0.39, 0.29) is 0 Å². The van der Waals surface area contributed by atoms with Crippen molar-refractivity contribution in [1.82, 2.24) is 10.3 Å². The van der Waals surface area contributed by atoms with Gasteiger partial charge in [-0.3, -0.25) is 4.98 Å². The molecule has 0 aliphatic rings. The molecule has 0 spiro atoms. The molecule has 0 amide bonds. The standard InChI is InChI=1S/C18H24N2/c1-14-7-6-8-17(13-14)11-10-15(2)20-16(3)18-9-4-5-12-19-18/h4-9,12-13,15-16,20H,10-11H2,1-3H3/t15?,16-/m1/s1. The average Bonchev–Trinajstić information content (AvgIpc) is 2.46. The molecule has 106 valence electrons. The van der Waals surface area contributed by atoms with Crippen LogP contribution in [0.25, 0.3) is 0 Å². The van der Waals surface area contributed by atoms with E-state index in [1.54, 1.807) is 0 Å². The highest BCUT2D eigenvalue weighted by Gasteiger charge is 2.10. The van der Waals surface area contributed by atoms with E-state index in [1.807, 2.05) is 18.3 Å². The van der Waals surface area contributed by atoms with Crippen molar-refractivity contribution in [2.24, 2.45) is 0 Å². The Bertz CT molecular complexity index is 522. The number of benzene rings is 1. The Morgan fingerprint density at radius 1 is 1.10 bits per heavy atom. The van der Waals surface area contributed by atoms with E-state index >= 15 is 0 Å². The lowest BCUT2D eigenvalue weighted by atomic mass is 10.0. The summed E-state index contributed by atoms with van der Waals surface area (Å²) in [6.45, 7) is 6.56. The van der Waals surface area contributed by atoms with Gasteiger partial charge >= 0.3 is 0 Å². The van der Waals surface area contributed by atoms with Gasteiger partial charge in [0.05, 0.1) is 5.69 Å². The van der Waals surface area contributed by atoms with Crippen molar-refractivity contribution in [3.63, 3.8) is 0 Å². The van der Waals surface area contributed by atoms with Crippen LogP contribution in [0, 0.1) is 6.92 Å². The summed E-state index contributed by atoms with van der Waals surface area (Å²) in [5, 5.41) is 3.62. The van der Waals surface area contributed by atoms with Gasteiger partial charge < -0.3 is 5.32 Å². The fourth-order valence-electron chi connectivity index (χ4n) is 2.48. The predicted octanol–water partition coefficient (Wildman–Crippen LogP) is 4.06. The summed E-state index contributed by atoms with van der Waals surface area (Å²) in [5.74, 6) is 0. The van der Waals surface area contributed by atoms with Crippen molar-refractivity contribution < 1.29 is 0 Å². The van der Waals surface area contributed by atoms with Crippen LogP contribution in [0.15, 0.2) is 48.7 Å². The molecule has 2 aromatic rings. The second-order valence-corrected chi connectivity index (χ2v) is 5.57. The highest BCUT2D eigenvalue weighted by atomic mass is 15.0. The maximum atomic E-state index is 4.40. The highest BCUT2D eigenvalue weighted by molar-refractivity contribution is 5.22. The van der Waals surface area contributed by atoms with Crippen molar-refractivity contribution in [2.75, 3.05) is 0 Å². The van der Waals surface area contributed by atoms with Gasteiger partial charge in [-0.1, -0.05) is 35.9 Å². The molecule has 1 N–H and O–H groups in total. The fourth-order valence-corrected chi connectivity index (χ4v) is 2.48. The third kappa shape index (κ3) is 4.46. The van der Waals surface area contributed by atoms with Crippen LogP contribution in [0.1, 0.15) is 43.1 Å². The first-order valence-electron chi connectivity index (χ1n) is 7.37. The first-order valence-corrected chi connectivity index (χ1v) is 7.37. The number of nitrogens with zero attached hydrogens (tertiary/aromatic N) is 1. The van der Waals surface area contributed by atoms with Crippen molar-refractivity contribution in [3.05, 3.63) is 65.5 Å². The number of hydrogen-bond donors (Lipinski definition) is 1. The molecular formula is C18H24N2. The molecule has 20 heavy (non-hydrogen) atoms. The molecule has 0 aliphatic heterocycles. The van der Waals surface area contributed by atoms with Crippen LogP contribution < -0.4 is 5.32 Å². The fraction of sp³-hybridized carbons (Fsp3) is 0.389. The van der Waals surface area contributed by atoms with E-state index in [4.69, 9.17) is 0 Å². The second-order valence-electron chi connectivity index (χ2n) is 5.57. The van der Waals surface area contributed by atoms with E-state index in [9.17, 15) is 0 Å². The van der Waals surface area contributed by atoms with Gasteiger partial charge in [-0.15, -0.1) is 0 Å². The molecule has 0 aliphatic carbocycles. The van der Waals surface area contributed by atoms with Crippen molar-refractivity contribution in [1.29, 1.82) is 0 Å². The predicted molar refractivity (Wildman–Crippen MR) is 84.7 cm³/mol. The van der Waals surface area contributed by atoms with E-state index in [0.29, 0.717) is 12.1 Å². The molecule has 2 atom stereocenters. The number of pyridine rings is 1. The van der Waals surface area contributed by atoms with E-state index in [1.165, 1.54) is 11.1 Å². The van der Waals surface area contributed by atoms with Gasteiger partial charge in [0.1, 0.15) is 0 Å². The monoisotopic (exact) mass is 268 g/mol. The van der Waals surface area contributed by atoms with Gasteiger partial charge in [-0.05, 0) is 51.3 Å². The molecule has 1 aromatic heterocycles. The molecule has 1 unspecified atom stereocenters. The average molecular weight is 268 g/mol. The Morgan fingerprint density at radius 3 is 2.65 bits per heavy atom. The maximum absolute atomic E-state index is 4.40. The van der Waals surface area contributed by atoms with Gasteiger partial charge in [0.15, 0.2) is 0 Å². The Morgan fingerprint density at radius 2 is 1.95 bits per heavy atom. The summed E-state index contributed by atoms with van der Waals surface area (Å²) in [6.07, 6.45) is 4.11. The summed E-state index contributed by atoms with van der Waals surface area (Å²) in [5.41, 5.74) is 3.86. The van der Waals surface area contributed by atoms with Crippen molar-refractivity contribution >= 4 is 0 Å². The largest absolute Gasteiger partial charge is 0.306 e. The zero-order chi connectivity index (χ0) is 14.4. The normalized spacial score (nSPS) is 13.9. The lowest BCUT2D eigenvalue weighted by Crippen LogP contribution is -2.29. The van der Waals surface area contributed by atoms with Gasteiger partial charge in [0, 0.05) is 18.3 Å². The third-order valence-electron chi connectivity index (χ3n) is 3.61. The Balaban J connectivity index is 1.82. The molecule has 0 saturated heterocycles. The van der Waals surface area contributed by atoms with Crippen LogP contribution in [-0.2, 0) is 6.42 Å². The lowest BCUT2D eigenvalue weighted by Gasteiger charge is -2.19. The van der Waals surface area contributed by atoms with Gasteiger partial charge in [0.25, 0.3) is 0 Å². The summed E-state index contributed by atoms with van der Waals surface area (Å²) in [6, 6.07) is 15.6. The molecule has 2 rings (SSSR count). The zero-order valence-electron chi connectivity index (χ0n) is 12.6. The Labute approximate surface area is 122 Å². The first kappa shape index (κ1) is 14.7. The number of hydrogen-bond acceptors (Lipinski definition) is 2.